The molecule has 3 unspecified atom stereocenters. The van der Waals surface area contributed by atoms with Crippen molar-refractivity contribution < 1.29 is 14.7 Å². The number of carboxylic acid groups (broad SMARTS) is 1. The average molecular weight is 282 g/mol. The van der Waals surface area contributed by atoms with Crippen molar-refractivity contribution in [2.45, 2.75) is 70.4 Å². The molecule has 20 heavy (non-hydrogen) atoms. The van der Waals surface area contributed by atoms with Crippen molar-refractivity contribution in [1.82, 2.24) is 10.2 Å². The molecule has 0 spiro atoms. The molecular formula is C15H26N2O3. The third-order valence-electron chi connectivity index (χ3n) is 4.47. The Morgan fingerprint density at radius 3 is 2.80 bits per heavy atom. The number of hydrogen-bond acceptors (Lipinski definition) is 2. The summed E-state index contributed by atoms with van der Waals surface area (Å²) >= 11 is 0. The van der Waals surface area contributed by atoms with Gasteiger partial charge in [0.05, 0.1) is 0 Å². The Bertz CT molecular complexity index is 359. The molecule has 1 heterocycles. The van der Waals surface area contributed by atoms with Gasteiger partial charge in [-0.2, -0.15) is 0 Å². The van der Waals surface area contributed by atoms with Crippen LogP contribution in [0.25, 0.3) is 0 Å². The molecule has 5 heteroatoms. The summed E-state index contributed by atoms with van der Waals surface area (Å²) < 4.78 is 0. The normalized spacial score (nSPS) is 29.1. The van der Waals surface area contributed by atoms with Gasteiger partial charge in [-0.15, -0.1) is 0 Å². The van der Waals surface area contributed by atoms with Crippen molar-refractivity contribution in [3.8, 4) is 0 Å². The number of carbonyl (C=O) groups excluding carboxylic acids is 1. The van der Waals surface area contributed by atoms with Gasteiger partial charge >= 0.3 is 12.0 Å². The minimum absolute atomic E-state index is 0.0173. The number of piperidine rings is 1. The molecule has 0 aromatic heterocycles. The Morgan fingerprint density at radius 1 is 1.30 bits per heavy atom. The monoisotopic (exact) mass is 282 g/mol. The fraction of sp³-hybridized carbons (Fsp3) is 0.867. The molecule has 1 saturated carbocycles. The smallest absolute Gasteiger partial charge is 0.317 e. The molecule has 0 radical (unpaired) electrons. The summed E-state index contributed by atoms with van der Waals surface area (Å²) in [6, 6.07) is 0.469. The van der Waals surface area contributed by atoms with E-state index in [9.17, 15) is 9.59 Å². The number of carbonyl (C=O) groups is 2. The standard InChI is InChI=1S/C15H26N2O3/c1-2-5-11-10-13(11)16-15(20)17-9-4-3-6-12(17)7-8-14(18)19/h11-13H,2-10H2,1H3,(H,16,20)(H,18,19). The first-order valence-corrected chi connectivity index (χ1v) is 7.90. The molecule has 1 saturated heterocycles. The molecule has 1 aliphatic heterocycles. The zero-order valence-corrected chi connectivity index (χ0v) is 12.3. The molecule has 114 valence electrons. The first-order valence-electron chi connectivity index (χ1n) is 7.90. The Hall–Kier alpha value is -1.26. The maximum atomic E-state index is 12.3. The topological polar surface area (TPSA) is 69.6 Å². The zero-order chi connectivity index (χ0) is 14.5. The molecule has 1 aliphatic carbocycles. The van der Waals surface area contributed by atoms with Crippen molar-refractivity contribution in [3.05, 3.63) is 0 Å². The zero-order valence-electron chi connectivity index (χ0n) is 12.3. The summed E-state index contributed by atoms with van der Waals surface area (Å²) in [5.41, 5.74) is 0. The Morgan fingerprint density at radius 2 is 2.10 bits per heavy atom. The van der Waals surface area contributed by atoms with Gasteiger partial charge in [0.25, 0.3) is 0 Å². The molecule has 0 aromatic rings. The first kappa shape index (κ1) is 15.1. The van der Waals surface area contributed by atoms with Crippen LogP contribution in [-0.2, 0) is 4.79 Å². The van der Waals surface area contributed by atoms with Gasteiger partial charge in [0.2, 0.25) is 0 Å². The number of nitrogens with one attached hydrogen (secondary N) is 1. The minimum atomic E-state index is -0.777. The number of likely N-dealkylation sites (tertiary alicyclic amines) is 1. The Labute approximate surface area is 120 Å². The van der Waals surface area contributed by atoms with Gasteiger partial charge in [0, 0.05) is 25.0 Å². The summed E-state index contributed by atoms with van der Waals surface area (Å²) in [5.74, 6) is -0.118. The lowest BCUT2D eigenvalue weighted by Gasteiger charge is -2.35. The maximum absolute atomic E-state index is 12.3. The molecule has 2 amide bonds. The van der Waals surface area contributed by atoms with E-state index < -0.39 is 5.97 Å². The van der Waals surface area contributed by atoms with Crippen molar-refractivity contribution in [1.29, 1.82) is 0 Å². The summed E-state index contributed by atoms with van der Waals surface area (Å²) in [6.45, 7) is 2.94. The number of hydrogen-bond donors (Lipinski definition) is 2. The highest BCUT2D eigenvalue weighted by atomic mass is 16.4. The number of aliphatic carboxylic acids is 1. The predicted octanol–water partition coefficient (Wildman–Crippen LogP) is 2.60. The highest BCUT2D eigenvalue weighted by Crippen LogP contribution is 2.35. The van der Waals surface area contributed by atoms with Crippen LogP contribution >= 0.6 is 0 Å². The van der Waals surface area contributed by atoms with E-state index in [0.29, 0.717) is 18.4 Å². The van der Waals surface area contributed by atoms with Crippen molar-refractivity contribution in [2.24, 2.45) is 5.92 Å². The van der Waals surface area contributed by atoms with Crippen LogP contribution in [0.2, 0.25) is 0 Å². The van der Waals surface area contributed by atoms with Gasteiger partial charge in [0.15, 0.2) is 0 Å². The second kappa shape index (κ2) is 6.95. The van der Waals surface area contributed by atoms with Crippen LogP contribution in [0.15, 0.2) is 0 Å². The van der Waals surface area contributed by atoms with Gasteiger partial charge in [-0.1, -0.05) is 13.3 Å². The largest absolute Gasteiger partial charge is 0.481 e. The van der Waals surface area contributed by atoms with E-state index in [0.717, 1.165) is 32.2 Å². The van der Waals surface area contributed by atoms with Crippen LogP contribution in [0.3, 0.4) is 0 Å². The van der Waals surface area contributed by atoms with Gasteiger partial charge in [0.1, 0.15) is 0 Å². The predicted molar refractivity (Wildman–Crippen MR) is 76.5 cm³/mol. The van der Waals surface area contributed by atoms with E-state index in [1.165, 1.54) is 12.8 Å². The fourth-order valence-electron chi connectivity index (χ4n) is 3.21. The molecule has 0 bridgehead atoms. The summed E-state index contributed by atoms with van der Waals surface area (Å²) in [7, 11) is 0. The van der Waals surface area contributed by atoms with Crippen LogP contribution in [0.4, 0.5) is 4.79 Å². The molecule has 0 aromatic carbocycles. The molecule has 3 atom stereocenters. The summed E-state index contributed by atoms with van der Waals surface area (Å²) in [6.07, 6.45) is 7.24. The Kier molecular flexibility index (Phi) is 5.26. The highest BCUT2D eigenvalue weighted by Gasteiger charge is 2.39. The lowest BCUT2D eigenvalue weighted by atomic mass is 9.98. The summed E-state index contributed by atoms with van der Waals surface area (Å²) in [4.78, 5) is 24.9. The van der Waals surface area contributed by atoms with Gasteiger partial charge in [-0.25, -0.2) is 4.79 Å². The van der Waals surface area contributed by atoms with E-state index in [1.807, 2.05) is 4.90 Å². The molecule has 2 aliphatic rings. The maximum Gasteiger partial charge on any atom is 0.317 e. The lowest BCUT2D eigenvalue weighted by molar-refractivity contribution is -0.137. The third-order valence-corrected chi connectivity index (χ3v) is 4.47. The van der Waals surface area contributed by atoms with Crippen LogP contribution in [0.1, 0.15) is 58.3 Å². The van der Waals surface area contributed by atoms with E-state index in [2.05, 4.69) is 12.2 Å². The SMILES string of the molecule is CCCC1CC1NC(=O)N1CCCCC1CCC(=O)O. The molecule has 5 nitrogen and oxygen atoms in total. The first-order chi connectivity index (χ1) is 9.61. The number of nitrogens with zero attached hydrogens (tertiary/aromatic N) is 1. The summed E-state index contributed by atoms with van der Waals surface area (Å²) in [5, 5.41) is 11.9. The fourth-order valence-corrected chi connectivity index (χ4v) is 3.21. The molecule has 2 N–H and O–H groups in total. The Balaban J connectivity index is 1.81. The van der Waals surface area contributed by atoms with Gasteiger partial charge in [-0.05, 0) is 44.4 Å². The third kappa shape index (κ3) is 4.12. The highest BCUT2D eigenvalue weighted by molar-refractivity contribution is 5.75. The average Bonchev–Trinajstić information content (AvgIpc) is 3.15. The van der Waals surface area contributed by atoms with Gasteiger partial charge < -0.3 is 15.3 Å². The number of rotatable bonds is 6. The second-order valence-corrected chi connectivity index (χ2v) is 6.12. The van der Waals surface area contributed by atoms with Crippen LogP contribution in [0, 0.1) is 5.92 Å². The number of amides is 2. The minimum Gasteiger partial charge on any atom is -0.481 e. The van der Waals surface area contributed by atoms with Crippen molar-refractivity contribution in [3.63, 3.8) is 0 Å². The van der Waals surface area contributed by atoms with E-state index in [-0.39, 0.29) is 18.5 Å². The molecular weight excluding hydrogens is 256 g/mol. The lowest BCUT2D eigenvalue weighted by Crippen LogP contribution is -2.49. The van der Waals surface area contributed by atoms with Crippen molar-refractivity contribution >= 4 is 12.0 Å². The van der Waals surface area contributed by atoms with Crippen LogP contribution in [-0.4, -0.2) is 40.6 Å². The van der Waals surface area contributed by atoms with E-state index in [4.69, 9.17) is 5.11 Å². The van der Waals surface area contributed by atoms with E-state index in [1.54, 1.807) is 0 Å². The van der Waals surface area contributed by atoms with Crippen LogP contribution in [0.5, 0.6) is 0 Å². The quantitative estimate of drug-likeness (QED) is 0.786. The van der Waals surface area contributed by atoms with Crippen LogP contribution < -0.4 is 5.32 Å². The van der Waals surface area contributed by atoms with E-state index >= 15 is 0 Å². The van der Waals surface area contributed by atoms with Gasteiger partial charge in [-0.3, -0.25) is 4.79 Å². The number of urea groups is 1. The number of carboxylic acids is 1. The molecule has 2 fully saturated rings. The second-order valence-electron chi connectivity index (χ2n) is 6.12. The van der Waals surface area contributed by atoms with Crippen molar-refractivity contribution in [2.75, 3.05) is 6.54 Å². The molecule has 2 rings (SSSR count).